The Morgan fingerprint density at radius 2 is 2.35 bits per heavy atom. The van der Waals surface area contributed by atoms with Gasteiger partial charge in [-0.3, -0.25) is 4.79 Å². The van der Waals surface area contributed by atoms with Crippen LogP contribution in [0.3, 0.4) is 0 Å². The summed E-state index contributed by atoms with van der Waals surface area (Å²) in [5, 5.41) is 4.69. The average molecular weight is 346 g/mol. The Morgan fingerprint density at radius 1 is 1.48 bits per heavy atom. The number of carbonyl (C=O) groups is 1. The second kappa shape index (κ2) is 5.65. The number of aryl methyl sites for hydroxylation is 2. The van der Waals surface area contributed by atoms with Crippen LogP contribution in [-0.2, 0) is 13.0 Å². The Morgan fingerprint density at radius 3 is 3.17 bits per heavy atom. The van der Waals surface area contributed by atoms with E-state index < -0.39 is 0 Å². The Bertz CT molecular complexity index is 899. The van der Waals surface area contributed by atoms with Gasteiger partial charge in [0, 0.05) is 41.5 Å². The number of aromatic nitrogens is 2. The van der Waals surface area contributed by atoms with Gasteiger partial charge in [-0.2, -0.15) is 0 Å². The molecule has 1 atom stereocenters. The van der Waals surface area contributed by atoms with Gasteiger partial charge in [0.2, 0.25) is 0 Å². The van der Waals surface area contributed by atoms with E-state index in [1.165, 1.54) is 11.3 Å². The molecule has 118 valence electrons. The molecule has 0 bridgehead atoms. The van der Waals surface area contributed by atoms with E-state index in [4.69, 9.17) is 11.6 Å². The molecule has 0 saturated heterocycles. The number of nitrogens with one attached hydrogen (secondary N) is 1. The summed E-state index contributed by atoms with van der Waals surface area (Å²) < 4.78 is 3.16. The van der Waals surface area contributed by atoms with Gasteiger partial charge in [-0.05, 0) is 25.0 Å². The van der Waals surface area contributed by atoms with Crippen LogP contribution in [0.1, 0.15) is 27.5 Å². The van der Waals surface area contributed by atoms with Crippen molar-refractivity contribution in [3.8, 4) is 0 Å². The number of hydrogen-bond donors (Lipinski definition) is 1. The van der Waals surface area contributed by atoms with Crippen molar-refractivity contribution in [2.24, 2.45) is 0 Å². The second-order valence-electron chi connectivity index (χ2n) is 5.90. The van der Waals surface area contributed by atoms with Crippen LogP contribution in [0.15, 0.2) is 30.6 Å². The molecule has 3 aromatic rings. The highest BCUT2D eigenvalue weighted by Crippen LogP contribution is 2.37. The number of hydrogen-bond acceptors (Lipinski definition) is 3. The van der Waals surface area contributed by atoms with Gasteiger partial charge in [0.1, 0.15) is 10.7 Å². The summed E-state index contributed by atoms with van der Waals surface area (Å²) in [5.74, 6) is 1.01. The van der Waals surface area contributed by atoms with Crippen LogP contribution >= 0.6 is 22.9 Å². The molecule has 0 spiro atoms. The summed E-state index contributed by atoms with van der Waals surface area (Å²) in [6, 6.07) is 6.14. The van der Waals surface area contributed by atoms with E-state index in [9.17, 15) is 4.79 Å². The van der Waals surface area contributed by atoms with Gasteiger partial charge in [0.25, 0.3) is 5.91 Å². The molecule has 0 unspecified atom stereocenters. The van der Waals surface area contributed by atoms with Gasteiger partial charge in [-0.15, -0.1) is 11.3 Å². The fourth-order valence-corrected chi connectivity index (χ4v) is 4.74. The molecule has 0 radical (unpaired) electrons. The predicted molar refractivity (Wildman–Crippen MR) is 93.4 cm³/mol. The van der Waals surface area contributed by atoms with Crippen LogP contribution in [0, 0.1) is 6.92 Å². The first-order chi connectivity index (χ1) is 11.1. The molecule has 1 N–H and O–H groups in total. The minimum absolute atomic E-state index is 0.0795. The van der Waals surface area contributed by atoms with Crippen molar-refractivity contribution >= 4 is 38.9 Å². The zero-order valence-electron chi connectivity index (χ0n) is 12.7. The smallest absolute Gasteiger partial charge is 0.263 e. The molecule has 1 aromatic carbocycles. The number of thiophene rings is 1. The fourth-order valence-electron chi connectivity index (χ4n) is 3.16. The SMILES string of the molecule is Cc1cccc2sc(C(=O)N[C@H]3CCc4nccn4C3)c(Cl)c12. The summed E-state index contributed by atoms with van der Waals surface area (Å²) >= 11 is 7.93. The van der Waals surface area contributed by atoms with Crippen LogP contribution in [-0.4, -0.2) is 21.5 Å². The number of rotatable bonds is 2. The lowest BCUT2D eigenvalue weighted by molar-refractivity contribution is 0.0932. The topological polar surface area (TPSA) is 46.9 Å². The first-order valence-electron chi connectivity index (χ1n) is 7.62. The zero-order valence-corrected chi connectivity index (χ0v) is 14.2. The van der Waals surface area contributed by atoms with Crippen molar-refractivity contribution in [2.75, 3.05) is 0 Å². The van der Waals surface area contributed by atoms with Gasteiger partial charge in [0.05, 0.1) is 5.02 Å². The van der Waals surface area contributed by atoms with Crippen LogP contribution in [0.2, 0.25) is 5.02 Å². The molecule has 0 aliphatic carbocycles. The number of benzene rings is 1. The molecule has 0 saturated carbocycles. The third-order valence-electron chi connectivity index (χ3n) is 4.34. The molecule has 1 aliphatic heterocycles. The van der Waals surface area contributed by atoms with Crippen molar-refractivity contribution in [1.29, 1.82) is 0 Å². The Hall–Kier alpha value is -1.85. The van der Waals surface area contributed by atoms with Crippen molar-refractivity contribution < 1.29 is 4.79 Å². The maximum absolute atomic E-state index is 12.7. The van der Waals surface area contributed by atoms with E-state index in [0.29, 0.717) is 9.90 Å². The van der Waals surface area contributed by atoms with Crippen LogP contribution in [0.5, 0.6) is 0 Å². The number of nitrogens with zero attached hydrogens (tertiary/aromatic N) is 2. The molecule has 1 aliphatic rings. The zero-order chi connectivity index (χ0) is 16.0. The minimum atomic E-state index is -0.0795. The summed E-state index contributed by atoms with van der Waals surface area (Å²) in [4.78, 5) is 17.6. The van der Waals surface area contributed by atoms with Crippen LogP contribution in [0.4, 0.5) is 0 Å². The quantitative estimate of drug-likeness (QED) is 0.767. The Kier molecular flexibility index (Phi) is 3.62. The van der Waals surface area contributed by atoms with E-state index >= 15 is 0 Å². The summed E-state index contributed by atoms with van der Waals surface area (Å²) in [5.41, 5.74) is 1.10. The average Bonchev–Trinajstić information content (AvgIpc) is 3.12. The molecule has 1 amide bonds. The normalized spacial score (nSPS) is 17.2. The van der Waals surface area contributed by atoms with Gasteiger partial charge in [0.15, 0.2) is 0 Å². The monoisotopic (exact) mass is 345 g/mol. The summed E-state index contributed by atoms with van der Waals surface area (Å²) in [6.45, 7) is 2.78. The molecule has 4 nitrogen and oxygen atoms in total. The third-order valence-corrected chi connectivity index (χ3v) is 5.99. The Labute approximate surface area is 143 Å². The van der Waals surface area contributed by atoms with E-state index in [1.807, 2.05) is 37.5 Å². The maximum Gasteiger partial charge on any atom is 0.263 e. The van der Waals surface area contributed by atoms with Crippen LogP contribution < -0.4 is 5.32 Å². The molecular formula is C17H16ClN3OS. The van der Waals surface area contributed by atoms with E-state index in [-0.39, 0.29) is 11.9 Å². The maximum atomic E-state index is 12.7. The van der Waals surface area contributed by atoms with Crippen molar-refractivity contribution in [1.82, 2.24) is 14.9 Å². The fraction of sp³-hybridized carbons (Fsp3) is 0.294. The molecule has 4 rings (SSSR count). The Balaban J connectivity index is 1.58. The number of carbonyl (C=O) groups excluding carboxylic acids is 1. The summed E-state index contributed by atoms with van der Waals surface area (Å²) in [6.07, 6.45) is 5.57. The molecule has 2 aromatic heterocycles. The lowest BCUT2D eigenvalue weighted by Gasteiger charge is -2.24. The number of amides is 1. The minimum Gasteiger partial charge on any atom is -0.347 e. The van der Waals surface area contributed by atoms with Crippen LogP contribution in [0.25, 0.3) is 10.1 Å². The summed E-state index contributed by atoms with van der Waals surface area (Å²) in [7, 11) is 0. The highest BCUT2D eigenvalue weighted by molar-refractivity contribution is 7.21. The highest BCUT2D eigenvalue weighted by atomic mass is 35.5. The molecule has 23 heavy (non-hydrogen) atoms. The molecule has 0 fully saturated rings. The molecule has 6 heteroatoms. The lowest BCUT2D eigenvalue weighted by atomic mass is 10.1. The van der Waals surface area contributed by atoms with Crippen molar-refractivity contribution in [3.63, 3.8) is 0 Å². The number of halogens is 1. The van der Waals surface area contributed by atoms with Crippen molar-refractivity contribution in [3.05, 3.63) is 51.9 Å². The molecule has 3 heterocycles. The largest absolute Gasteiger partial charge is 0.347 e. The van der Waals surface area contributed by atoms with E-state index in [2.05, 4.69) is 14.9 Å². The van der Waals surface area contributed by atoms with Crippen molar-refractivity contribution in [2.45, 2.75) is 32.4 Å². The number of imidazole rings is 1. The predicted octanol–water partition coefficient (Wildman–Crippen LogP) is 3.80. The van der Waals surface area contributed by atoms with E-state index in [0.717, 1.165) is 40.9 Å². The molecular weight excluding hydrogens is 330 g/mol. The van der Waals surface area contributed by atoms with Gasteiger partial charge >= 0.3 is 0 Å². The van der Waals surface area contributed by atoms with Gasteiger partial charge < -0.3 is 9.88 Å². The first-order valence-corrected chi connectivity index (χ1v) is 8.81. The first kappa shape index (κ1) is 14.7. The third kappa shape index (κ3) is 2.54. The van der Waals surface area contributed by atoms with Gasteiger partial charge in [-0.25, -0.2) is 4.98 Å². The standard InChI is InChI=1S/C17H16ClN3OS/c1-10-3-2-4-12-14(10)15(18)16(23-12)17(22)20-11-5-6-13-19-7-8-21(13)9-11/h2-4,7-8,11H,5-6,9H2,1H3,(H,20,22)/t11-/m0/s1. The van der Waals surface area contributed by atoms with Gasteiger partial charge in [-0.1, -0.05) is 23.7 Å². The highest BCUT2D eigenvalue weighted by Gasteiger charge is 2.24. The number of fused-ring (bicyclic) bond motifs is 2. The second-order valence-corrected chi connectivity index (χ2v) is 7.33. The van der Waals surface area contributed by atoms with E-state index in [1.54, 1.807) is 0 Å². The lowest BCUT2D eigenvalue weighted by Crippen LogP contribution is -2.40.